The van der Waals surface area contributed by atoms with Gasteiger partial charge in [-0.15, -0.1) is 0 Å². The Hall–Kier alpha value is -2.08. The van der Waals surface area contributed by atoms with Crippen LogP contribution in [0.3, 0.4) is 0 Å². The molecule has 4 aliphatic rings. The van der Waals surface area contributed by atoms with Crippen molar-refractivity contribution in [1.29, 1.82) is 0 Å². The highest BCUT2D eigenvalue weighted by atomic mass is 35.5. The Morgan fingerprint density at radius 3 is 3.04 bits per heavy atom. The van der Waals surface area contributed by atoms with E-state index in [1.54, 1.807) is 0 Å². The molecule has 0 aromatic heterocycles. The molecule has 0 fully saturated rings. The lowest BCUT2D eigenvalue weighted by atomic mass is 9.82. The number of halogens is 1. The largest absolute Gasteiger partial charge is 0.496 e. The van der Waals surface area contributed by atoms with Gasteiger partial charge < -0.3 is 10.5 Å². The third-order valence-electron chi connectivity index (χ3n) is 5.42. The first-order chi connectivity index (χ1) is 12.6. The first-order valence-corrected chi connectivity index (χ1v) is 9.51. The second-order valence-electron chi connectivity index (χ2n) is 7.20. The molecule has 0 aromatic carbocycles. The molecule has 4 rings (SSSR count). The average Bonchev–Trinajstić information content (AvgIpc) is 3.00. The third-order valence-corrected chi connectivity index (χ3v) is 5.79. The van der Waals surface area contributed by atoms with E-state index >= 15 is 0 Å². The summed E-state index contributed by atoms with van der Waals surface area (Å²) in [6.45, 7) is 0.680. The molecule has 4 atom stereocenters. The maximum atomic E-state index is 6.58. The van der Waals surface area contributed by atoms with Crippen molar-refractivity contribution in [3.05, 3.63) is 35.1 Å². The van der Waals surface area contributed by atoms with Crippen molar-refractivity contribution in [1.82, 2.24) is 5.01 Å². The maximum absolute atomic E-state index is 6.58. The highest BCUT2D eigenvalue weighted by Gasteiger charge is 2.43. The molecule has 7 heteroatoms. The van der Waals surface area contributed by atoms with Crippen molar-refractivity contribution in [2.75, 3.05) is 13.7 Å². The molecule has 0 radical (unpaired) electrons. The van der Waals surface area contributed by atoms with Crippen molar-refractivity contribution in [3.8, 4) is 0 Å². The minimum Gasteiger partial charge on any atom is -0.496 e. The van der Waals surface area contributed by atoms with E-state index in [9.17, 15) is 0 Å². The van der Waals surface area contributed by atoms with Crippen LogP contribution >= 0.6 is 11.6 Å². The molecule has 0 saturated carbocycles. The minimum atomic E-state index is -0.0750. The molecular formula is C19H24ClN5O. The van der Waals surface area contributed by atoms with Crippen LogP contribution in [0.25, 0.3) is 0 Å². The molecule has 2 N–H and O–H groups in total. The second-order valence-corrected chi connectivity index (χ2v) is 7.65. The Labute approximate surface area is 158 Å². The summed E-state index contributed by atoms with van der Waals surface area (Å²) in [6, 6.07) is 0. The number of amidine groups is 1. The fraction of sp³-hybridized carbons (Fsp3) is 0.526. The van der Waals surface area contributed by atoms with Crippen LogP contribution in [0.5, 0.6) is 0 Å². The van der Waals surface area contributed by atoms with E-state index < -0.39 is 0 Å². The summed E-state index contributed by atoms with van der Waals surface area (Å²) < 4.78 is 6.03. The fourth-order valence-electron chi connectivity index (χ4n) is 3.98. The summed E-state index contributed by atoms with van der Waals surface area (Å²) in [5, 5.41) is 7.41. The van der Waals surface area contributed by atoms with Crippen LogP contribution in [-0.2, 0) is 4.74 Å². The number of ether oxygens (including phenoxy) is 1. The molecule has 2 aliphatic heterocycles. The SMILES string of the molecule is CN1N=C(C2CCC(OC[C@@H]3C=CC=CC3)=C(Cl)C2)[C@@H]2C(N)=NC=NC21. The van der Waals surface area contributed by atoms with Crippen LogP contribution in [0.15, 0.2) is 50.2 Å². The number of nitrogens with two attached hydrogens (primary N) is 1. The molecule has 0 bridgehead atoms. The summed E-state index contributed by atoms with van der Waals surface area (Å²) in [7, 11) is 1.93. The zero-order chi connectivity index (χ0) is 18.1. The van der Waals surface area contributed by atoms with Crippen LogP contribution < -0.4 is 5.73 Å². The number of nitrogens with zero attached hydrogens (tertiary/aromatic N) is 4. The number of fused-ring (bicyclic) bond motifs is 1. The number of hydrogen-bond donors (Lipinski definition) is 1. The standard InChI is InChI=1S/C19H24ClN5O/c1-25-19-16(18(21)22-11-23-19)17(24-25)13-7-8-15(14(20)9-13)26-10-12-5-3-2-4-6-12/h2-5,11-13,16,19H,6-10H2,1H3,(H2,21,22,23)/t12-,13?,16-,19?/m1/s1. The molecule has 0 amide bonds. The Morgan fingerprint density at radius 1 is 1.38 bits per heavy atom. The second kappa shape index (κ2) is 7.27. The van der Waals surface area contributed by atoms with Gasteiger partial charge in [-0.25, -0.2) is 9.98 Å². The minimum absolute atomic E-state index is 0.0406. The molecule has 6 nitrogen and oxygen atoms in total. The lowest BCUT2D eigenvalue weighted by molar-refractivity contribution is 0.165. The van der Waals surface area contributed by atoms with Gasteiger partial charge in [-0.3, -0.25) is 5.01 Å². The predicted octanol–water partition coefficient (Wildman–Crippen LogP) is 3.03. The van der Waals surface area contributed by atoms with Gasteiger partial charge in [0.25, 0.3) is 0 Å². The quantitative estimate of drug-likeness (QED) is 0.822. The molecule has 26 heavy (non-hydrogen) atoms. The molecule has 0 saturated heterocycles. The van der Waals surface area contributed by atoms with Gasteiger partial charge in [-0.1, -0.05) is 35.9 Å². The van der Waals surface area contributed by atoms with Crippen molar-refractivity contribution in [2.24, 2.45) is 38.6 Å². The summed E-state index contributed by atoms with van der Waals surface area (Å²) in [4.78, 5) is 8.60. The lowest BCUT2D eigenvalue weighted by Gasteiger charge is -2.29. The Balaban J connectivity index is 1.41. The zero-order valence-electron chi connectivity index (χ0n) is 14.9. The van der Waals surface area contributed by atoms with E-state index in [-0.39, 0.29) is 18.0 Å². The van der Waals surface area contributed by atoms with Crippen molar-refractivity contribution in [2.45, 2.75) is 31.8 Å². The summed E-state index contributed by atoms with van der Waals surface area (Å²) in [5.41, 5.74) is 7.19. The van der Waals surface area contributed by atoms with E-state index in [0.717, 1.165) is 42.2 Å². The lowest BCUT2D eigenvalue weighted by Crippen LogP contribution is -2.43. The van der Waals surface area contributed by atoms with Gasteiger partial charge in [0.2, 0.25) is 0 Å². The van der Waals surface area contributed by atoms with E-state index in [4.69, 9.17) is 27.2 Å². The van der Waals surface area contributed by atoms with Crippen LogP contribution in [0, 0.1) is 17.8 Å². The van der Waals surface area contributed by atoms with Gasteiger partial charge in [0.1, 0.15) is 17.9 Å². The highest BCUT2D eigenvalue weighted by Crippen LogP contribution is 2.38. The molecule has 2 heterocycles. The van der Waals surface area contributed by atoms with E-state index in [0.29, 0.717) is 18.4 Å². The highest BCUT2D eigenvalue weighted by molar-refractivity contribution is 6.30. The number of rotatable bonds is 4. The zero-order valence-corrected chi connectivity index (χ0v) is 15.6. The van der Waals surface area contributed by atoms with E-state index in [2.05, 4.69) is 34.3 Å². The molecule has 138 valence electrons. The van der Waals surface area contributed by atoms with Crippen LogP contribution in [0.1, 0.15) is 25.7 Å². The van der Waals surface area contributed by atoms with Crippen molar-refractivity contribution in [3.63, 3.8) is 0 Å². The van der Waals surface area contributed by atoms with Crippen molar-refractivity contribution >= 4 is 29.5 Å². The number of hydrogen-bond acceptors (Lipinski definition) is 6. The summed E-state index contributed by atoms with van der Waals surface area (Å²) in [6.07, 6.45) is 13.5. The number of hydrazone groups is 1. The van der Waals surface area contributed by atoms with Gasteiger partial charge >= 0.3 is 0 Å². The Bertz CT molecular complexity index is 751. The van der Waals surface area contributed by atoms with Gasteiger partial charge in [0.05, 0.1) is 23.3 Å². The predicted molar refractivity (Wildman–Crippen MR) is 105 cm³/mol. The van der Waals surface area contributed by atoms with Crippen LogP contribution in [0.2, 0.25) is 0 Å². The normalized spacial score (nSPS) is 33.2. The first kappa shape index (κ1) is 17.3. The van der Waals surface area contributed by atoms with Gasteiger partial charge in [-0.2, -0.15) is 5.10 Å². The monoisotopic (exact) mass is 373 g/mol. The maximum Gasteiger partial charge on any atom is 0.153 e. The molecule has 0 spiro atoms. The Morgan fingerprint density at radius 2 is 2.27 bits per heavy atom. The molecule has 0 aromatic rings. The summed E-state index contributed by atoms with van der Waals surface area (Å²) in [5.74, 6) is 2.16. The first-order valence-electron chi connectivity index (χ1n) is 9.13. The van der Waals surface area contributed by atoms with Gasteiger partial charge in [0.15, 0.2) is 6.17 Å². The topological polar surface area (TPSA) is 75.6 Å². The van der Waals surface area contributed by atoms with Crippen LogP contribution in [-0.4, -0.2) is 42.7 Å². The number of aliphatic imine (C=N–C) groups is 2. The third kappa shape index (κ3) is 3.30. The average molecular weight is 374 g/mol. The van der Waals surface area contributed by atoms with Crippen LogP contribution in [0.4, 0.5) is 0 Å². The molecule has 2 unspecified atom stereocenters. The number of allylic oxidation sites excluding steroid dienone is 5. The van der Waals surface area contributed by atoms with E-state index in [1.165, 1.54) is 6.34 Å². The van der Waals surface area contributed by atoms with Gasteiger partial charge in [-0.05, 0) is 19.3 Å². The smallest absolute Gasteiger partial charge is 0.153 e. The molecule has 2 aliphatic carbocycles. The fourth-order valence-corrected chi connectivity index (χ4v) is 4.32. The van der Waals surface area contributed by atoms with E-state index in [1.807, 2.05) is 12.1 Å². The van der Waals surface area contributed by atoms with Gasteiger partial charge in [0, 0.05) is 25.3 Å². The van der Waals surface area contributed by atoms with Crippen molar-refractivity contribution < 1.29 is 4.74 Å². The Kier molecular flexibility index (Phi) is 4.85. The molecular weight excluding hydrogens is 350 g/mol. The summed E-state index contributed by atoms with van der Waals surface area (Å²) >= 11 is 6.58.